The topological polar surface area (TPSA) is 127 Å². The maximum absolute atomic E-state index is 12.6. The number of hydrogen-bond donors (Lipinski definition) is 2. The van der Waals surface area contributed by atoms with Crippen LogP contribution in [-0.2, 0) is 25.3 Å². The second kappa shape index (κ2) is 13.7. The molecular formula is C32H28I2O8S2. The molecule has 0 aliphatic carbocycles. The molecule has 0 saturated carbocycles. The summed E-state index contributed by atoms with van der Waals surface area (Å²) in [6.07, 6.45) is 0. The van der Waals surface area contributed by atoms with E-state index < -0.39 is 61.5 Å². The van der Waals surface area contributed by atoms with Crippen molar-refractivity contribution in [2.75, 3.05) is 0 Å². The van der Waals surface area contributed by atoms with Crippen LogP contribution in [-0.4, -0.2) is 23.7 Å². The summed E-state index contributed by atoms with van der Waals surface area (Å²) in [6.45, 7) is 3.70. The first-order valence-electron chi connectivity index (χ1n) is 13.0. The molecule has 5 aromatic carbocycles. The van der Waals surface area contributed by atoms with Crippen LogP contribution in [0.4, 0.5) is 0 Å². The molecule has 0 saturated heterocycles. The summed E-state index contributed by atoms with van der Waals surface area (Å²) >= 11 is -6.84. The molecule has 5 aromatic rings. The molecule has 0 bridgehead atoms. The molecule has 0 spiro atoms. The molecule has 8 nitrogen and oxygen atoms in total. The van der Waals surface area contributed by atoms with Gasteiger partial charge in [-0.2, -0.15) is 0 Å². The predicted octanol–water partition coefficient (Wildman–Crippen LogP) is 7.45. The van der Waals surface area contributed by atoms with Crippen molar-refractivity contribution in [3.63, 3.8) is 0 Å². The normalized spacial score (nSPS) is 12.5. The zero-order valence-electron chi connectivity index (χ0n) is 23.5. The first-order chi connectivity index (χ1) is 20.9. The number of benzene rings is 5. The van der Waals surface area contributed by atoms with E-state index in [1.165, 1.54) is 24.3 Å². The van der Waals surface area contributed by atoms with Crippen molar-refractivity contribution in [3.8, 4) is 22.3 Å². The average molecular weight is 859 g/mol. The third-order valence-corrected chi connectivity index (χ3v) is 17.2. The van der Waals surface area contributed by atoms with E-state index in [2.05, 4.69) is 0 Å². The van der Waals surface area contributed by atoms with Crippen LogP contribution in [0.15, 0.2) is 131 Å². The number of rotatable bonds is 10. The molecule has 0 aromatic heterocycles. The zero-order valence-corrected chi connectivity index (χ0v) is 29.4. The molecule has 0 unspecified atom stereocenters. The molecular weight excluding hydrogens is 830 g/mol. The number of halogens is 2. The fourth-order valence-electron chi connectivity index (χ4n) is 4.07. The maximum atomic E-state index is 12.6. The van der Waals surface area contributed by atoms with E-state index >= 15 is 0 Å². The molecule has 0 radical (unpaired) electrons. The first-order valence-corrected chi connectivity index (χ1v) is 21.7. The minimum atomic E-state index is -4.07. The van der Waals surface area contributed by atoms with Gasteiger partial charge < -0.3 is 0 Å². The Morgan fingerprint density at radius 2 is 0.682 bits per heavy atom. The van der Waals surface area contributed by atoms with Crippen LogP contribution in [0, 0.1) is 21.0 Å². The third kappa shape index (κ3) is 7.92. The van der Waals surface area contributed by atoms with Crippen molar-refractivity contribution in [3.05, 3.63) is 140 Å². The van der Waals surface area contributed by atoms with Gasteiger partial charge in [0.25, 0.3) is 0 Å². The number of aryl methyl sites for hydroxylation is 2. The Morgan fingerprint density at radius 3 is 0.955 bits per heavy atom. The molecule has 0 aliphatic rings. The third-order valence-electron chi connectivity index (χ3n) is 6.52. The molecule has 0 aliphatic heterocycles. The zero-order chi connectivity index (χ0) is 31.5. The van der Waals surface area contributed by atoms with Crippen molar-refractivity contribution in [2.24, 2.45) is 0 Å². The molecule has 0 atom stereocenters. The van der Waals surface area contributed by atoms with Gasteiger partial charge in [-0.1, -0.05) is 0 Å². The second-order valence-electron chi connectivity index (χ2n) is 9.71. The molecule has 44 heavy (non-hydrogen) atoms. The van der Waals surface area contributed by atoms with Crippen LogP contribution >= 0.6 is 41.3 Å². The van der Waals surface area contributed by atoms with Crippen LogP contribution in [0.25, 0.3) is 22.3 Å². The van der Waals surface area contributed by atoms with Gasteiger partial charge in [0.1, 0.15) is 0 Å². The van der Waals surface area contributed by atoms with Crippen LogP contribution < -0.4 is 0 Å². The van der Waals surface area contributed by atoms with E-state index in [9.17, 15) is 23.7 Å². The van der Waals surface area contributed by atoms with Gasteiger partial charge in [0.15, 0.2) is 0 Å². The van der Waals surface area contributed by atoms with Gasteiger partial charge in [-0.25, -0.2) is 0 Å². The van der Waals surface area contributed by atoms with Gasteiger partial charge in [0.05, 0.1) is 0 Å². The Bertz CT molecular complexity index is 1800. The van der Waals surface area contributed by atoms with Gasteiger partial charge in [-0.3, -0.25) is 0 Å². The molecule has 12 heteroatoms. The SMILES string of the molecule is Cc1ccc(S(=O)(=O)OI(O)c2ccc(-c3ccc(-c4ccc(I(O)OS(=O)(=O)c5ccc(C)cc5)cc4)cc3)cc2)cc1. The second-order valence-corrected chi connectivity index (χ2v) is 20.0. The van der Waals surface area contributed by atoms with Crippen LogP contribution in [0.2, 0.25) is 0 Å². The fraction of sp³-hybridized carbons (Fsp3) is 0.0625. The van der Waals surface area contributed by atoms with Crippen LogP contribution in [0.3, 0.4) is 0 Å². The van der Waals surface area contributed by atoms with Crippen molar-refractivity contribution >= 4 is 61.5 Å². The van der Waals surface area contributed by atoms with E-state index in [0.717, 1.165) is 33.4 Å². The molecule has 0 amide bonds. The van der Waals surface area contributed by atoms with E-state index in [0.29, 0.717) is 7.14 Å². The quantitative estimate of drug-likeness (QED) is 0.139. The first kappa shape index (κ1) is 32.7. The van der Waals surface area contributed by atoms with Gasteiger partial charge in [-0.15, -0.1) is 0 Å². The Balaban J connectivity index is 1.22. The Morgan fingerprint density at radius 1 is 0.432 bits per heavy atom. The van der Waals surface area contributed by atoms with Crippen molar-refractivity contribution in [1.29, 1.82) is 0 Å². The van der Waals surface area contributed by atoms with E-state index in [1.807, 2.05) is 38.1 Å². The van der Waals surface area contributed by atoms with Gasteiger partial charge in [0, 0.05) is 0 Å². The fourth-order valence-corrected chi connectivity index (χ4v) is 12.7. The van der Waals surface area contributed by atoms with Crippen LogP contribution in [0.5, 0.6) is 0 Å². The van der Waals surface area contributed by atoms with E-state index in [1.54, 1.807) is 72.8 Å². The summed E-state index contributed by atoms with van der Waals surface area (Å²) in [4.78, 5) is 0.00688. The Hall–Kier alpha value is -2.70. The summed E-state index contributed by atoms with van der Waals surface area (Å²) in [5.41, 5.74) is 5.43. The molecule has 2 N–H and O–H groups in total. The number of hydrogen-bond acceptors (Lipinski definition) is 8. The Kier molecular flexibility index (Phi) is 10.2. The van der Waals surface area contributed by atoms with Crippen molar-refractivity contribution < 1.29 is 28.7 Å². The summed E-state index contributed by atoms with van der Waals surface area (Å²) in [7, 11) is -8.14. The van der Waals surface area contributed by atoms with Gasteiger partial charge in [-0.05, 0) is 0 Å². The standard InChI is InChI=1S/C32H28I2O8S2/c1-23-3-19-31(20-4-23)43(37,38)41-33(35)29-15-11-27(12-16-29)25-7-9-26(10-8-25)28-13-17-30(18-14-28)34(36)42-44(39,40)32-21-5-24(2)6-22-32/h3-22,35-36H,1-2H3. The Labute approximate surface area is 273 Å². The van der Waals surface area contributed by atoms with Crippen molar-refractivity contribution in [1.82, 2.24) is 0 Å². The average Bonchev–Trinajstić information content (AvgIpc) is 3.01. The van der Waals surface area contributed by atoms with E-state index in [4.69, 9.17) is 5.03 Å². The minimum absolute atomic E-state index is 0.00344. The predicted molar refractivity (Wildman–Crippen MR) is 186 cm³/mol. The summed E-state index contributed by atoms with van der Waals surface area (Å²) in [6, 6.07) is 34.2. The van der Waals surface area contributed by atoms with E-state index in [-0.39, 0.29) is 9.79 Å². The summed E-state index contributed by atoms with van der Waals surface area (Å²) in [5, 5.41) is 0. The molecule has 0 fully saturated rings. The van der Waals surface area contributed by atoms with Gasteiger partial charge >= 0.3 is 276 Å². The molecule has 0 heterocycles. The molecule has 5 rings (SSSR count). The van der Waals surface area contributed by atoms with Crippen molar-refractivity contribution in [2.45, 2.75) is 23.6 Å². The summed E-state index contributed by atoms with van der Waals surface area (Å²) < 4.78 is 82.6. The molecule has 230 valence electrons. The van der Waals surface area contributed by atoms with Crippen LogP contribution in [0.1, 0.15) is 11.1 Å². The monoisotopic (exact) mass is 858 g/mol. The van der Waals surface area contributed by atoms with Gasteiger partial charge in [0.2, 0.25) is 0 Å². The summed E-state index contributed by atoms with van der Waals surface area (Å²) in [5.74, 6) is 0.